The van der Waals surface area contributed by atoms with E-state index in [2.05, 4.69) is 10.4 Å². The quantitative estimate of drug-likeness (QED) is 0.873. The van der Waals surface area contributed by atoms with Crippen LogP contribution in [0.1, 0.15) is 45.0 Å². The summed E-state index contributed by atoms with van der Waals surface area (Å²) in [4.78, 5) is 0. The lowest BCUT2D eigenvalue weighted by molar-refractivity contribution is -0.146. The summed E-state index contributed by atoms with van der Waals surface area (Å²) in [5, 5.41) is 6.68. The molecule has 0 fully saturated rings. The molecule has 6 heteroatoms. The molecule has 1 atom stereocenters. The molecule has 0 saturated carbocycles. The van der Waals surface area contributed by atoms with Crippen LogP contribution in [0.4, 0.5) is 13.2 Å². The summed E-state index contributed by atoms with van der Waals surface area (Å²) in [5.74, 6) is 0. The van der Waals surface area contributed by atoms with Gasteiger partial charge < -0.3 is 5.32 Å². The number of rotatable bonds is 2. The maximum absolute atomic E-state index is 13.1. The zero-order valence-electron chi connectivity index (χ0n) is 10.7. The number of nitrogens with zero attached hydrogens (tertiary/aromatic N) is 2. The van der Waals surface area contributed by atoms with Crippen LogP contribution in [-0.4, -0.2) is 16.8 Å². The first-order valence-corrected chi connectivity index (χ1v) is 5.42. The Balaban J connectivity index is 3.41. The number of alkyl halides is 3. The fourth-order valence-corrected chi connectivity index (χ4v) is 1.63. The summed E-state index contributed by atoms with van der Waals surface area (Å²) in [6, 6.07) is -0.386. The molecule has 0 saturated heterocycles. The van der Waals surface area contributed by atoms with E-state index in [1.807, 2.05) is 0 Å². The zero-order chi connectivity index (χ0) is 13.4. The Morgan fingerprint density at radius 2 is 1.82 bits per heavy atom. The molecule has 1 rings (SSSR count). The topological polar surface area (TPSA) is 29.9 Å². The molecule has 0 amide bonds. The van der Waals surface area contributed by atoms with Crippen LogP contribution in [0.15, 0.2) is 6.20 Å². The molecule has 0 aliphatic rings. The highest BCUT2D eigenvalue weighted by molar-refractivity contribution is 5.25. The van der Waals surface area contributed by atoms with Gasteiger partial charge in [0.2, 0.25) is 0 Å². The second-order valence-electron chi connectivity index (χ2n) is 5.04. The predicted octanol–water partition coefficient (Wildman–Crippen LogP) is 2.94. The van der Waals surface area contributed by atoms with Gasteiger partial charge in [0.05, 0.1) is 11.7 Å². The van der Waals surface area contributed by atoms with Crippen LogP contribution in [0.3, 0.4) is 0 Å². The molecule has 0 bridgehead atoms. The van der Waals surface area contributed by atoms with Gasteiger partial charge in [-0.3, -0.25) is 4.68 Å². The van der Waals surface area contributed by atoms with Gasteiger partial charge in [0.1, 0.15) is 5.69 Å². The summed E-state index contributed by atoms with van der Waals surface area (Å²) in [5.41, 5.74) is -1.20. The van der Waals surface area contributed by atoms with Crippen LogP contribution < -0.4 is 5.32 Å². The van der Waals surface area contributed by atoms with Crippen molar-refractivity contribution in [1.29, 1.82) is 0 Å². The van der Waals surface area contributed by atoms with E-state index in [4.69, 9.17) is 0 Å². The Bertz CT molecular complexity index is 388. The van der Waals surface area contributed by atoms with Crippen LogP contribution in [-0.2, 0) is 11.7 Å². The fraction of sp³-hybridized carbons (Fsp3) is 0.727. The molecule has 0 aromatic carbocycles. The van der Waals surface area contributed by atoms with Crippen molar-refractivity contribution < 1.29 is 13.2 Å². The first-order chi connectivity index (χ1) is 7.59. The van der Waals surface area contributed by atoms with E-state index in [-0.39, 0.29) is 11.6 Å². The maximum atomic E-state index is 13.1. The molecule has 1 heterocycles. The van der Waals surface area contributed by atoms with Crippen molar-refractivity contribution in [3.63, 3.8) is 0 Å². The minimum Gasteiger partial charge on any atom is -0.313 e. The molecular formula is C11H18F3N3. The Morgan fingerprint density at radius 3 is 2.18 bits per heavy atom. The van der Waals surface area contributed by atoms with Gasteiger partial charge in [0.15, 0.2) is 0 Å². The van der Waals surface area contributed by atoms with Crippen LogP contribution in [0.25, 0.3) is 0 Å². The largest absolute Gasteiger partial charge is 0.433 e. The third-order valence-electron chi connectivity index (χ3n) is 2.60. The van der Waals surface area contributed by atoms with Gasteiger partial charge in [-0.15, -0.1) is 0 Å². The van der Waals surface area contributed by atoms with Gasteiger partial charge >= 0.3 is 6.18 Å². The molecule has 0 spiro atoms. The Kier molecular flexibility index (Phi) is 3.57. The van der Waals surface area contributed by atoms with E-state index < -0.39 is 17.4 Å². The Labute approximate surface area is 99.0 Å². The van der Waals surface area contributed by atoms with E-state index >= 15 is 0 Å². The van der Waals surface area contributed by atoms with Crippen molar-refractivity contribution in [3.8, 4) is 0 Å². The molecule has 3 nitrogen and oxygen atoms in total. The number of halogens is 3. The molecule has 98 valence electrons. The van der Waals surface area contributed by atoms with E-state index in [0.717, 1.165) is 4.68 Å². The van der Waals surface area contributed by atoms with Crippen molar-refractivity contribution in [3.05, 3.63) is 17.5 Å². The maximum Gasteiger partial charge on any atom is 0.433 e. The summed E-state index contributed by atoms with van der Waals surface area (Å²) < 4.78 is 40.3. The first-order valence-electron chi connectivity index (χ1n) is 5.42. The minimum absolute atomic E-state index is 0.176. The van der Waals surface area contributed by atoms with Gasteiger partial charge in [0.25, 0.3) is 0 Å². The van der Waals surface area contributed by atoms with Crippen molar-refractivity contribution in [2.24, 2.45) is 0 Å². The highest BCUT2D eigenvalue weighted by Gasteiger charge is 2.41. The third-order valence-corrected chi connectivity index (χ3v) is 2.60. The lowest BCUT2D eigenvalue weighted by Crippen LogP contribution is -2.30. The molecule has 1 aromatic rings. The van der Waals surface area contributed by atoms with Crippen molar-refractivity contribution in [2.75, 3.05) is 7.05 Å². The molecule has 0 aliphatic heterocycles. The van der Waals surface area contributed by atoms with E-state index in [9.17, 15) is 13.2 Å². The third kappa shape index (κ3) is 2.80. The summed E-state index contributed by atoms with van der Waals surface area (Å²) >= 11 is 0. The minimum atomic E-state index is -4.40. The normalized spacial score (nSPS) is 15.1. The monoisotopic (exact) mass is 249 g/mol. The summed E-state index contributed by atoms with van der Waals surface area (Å²) in [6.07, 6.45) is -3.11. The standard InChI is InChI=1S/C11H18F3N3/c1-7(15-5)8-6-16-17(10(2,3)4)9(8)11(12,13)14/h6-7,15H,1-5H3. The number of hydrogen-bond acceptors (Lipinski definition) is 2. The van der Waals surface area contributed by atoms with Crippen LogP contribution in [0, 0.1) is 0 Å². The molecule has 1 unspecified atom stereocenters. The highest BCUT2D eigenvalue weighted by Crippen LogP contribution is 2.36. The molecule has 0 radical (unpaired) electrons. The van der Waals surface area contributed by atoms with Gasteiger partial charge in [-0.1, -0.05) is 0 Å². The average Bonchev–Trinajstić information content (AvgIpc) is 2.59. The number of aromatic nitrogens is 2. The number of nitrogens with one attached hydrogen (secondary N) is 1. The van der Waals surface area contributed by atoms with E-state index in [1.165, 1.54) is 6.20 Å². The first kappa shape index (κ1) is 14.0. The lowest BCUT2D eigenvalue weighted by atomic mass is 10.1. The van der Waals surface area contributed by atoms with Crippen molar-refractivity contribution in [1.82, 2.24) is 15.1 Å². The summed E-state index contributed by atoms with van der Waals surface area (Å²) in [6.45, 7) is 6.77. The van der Waals surface area contributed by atoms with Crippen molar-refractivity contribution in [2.45, 2.75) is 45.5 Å². The average molecular weight is 249 g/mol. The zero-order valence-corrected chi connectivity index (χ0v) is 10.7. The molecule has 1 N–H and O–H groups in total. The van der Waals surface area contributed by atoms with Crippen molar-refractivity contribution >= 4 is 0 Å². The Morgan fingerprint density at radius 1 is 1.29 bits per heavy atom. The highest BCUT2D eigenvalue weighted by atomic mass is 19.4. The van der Waals surface area contributed by atoms with Crippen LogP contribution in [0.5, 0.6) is 0 Å². The van der Waals surface area contributed by atoms with Gasteiger partial charge in [0, 0.05) is 11.6 Å². The second kappa shape index (κ2) is 4.33. The van der Waals surface area contributed by atoms with Gasteiger partial charge in [-0.05, 0) is 34.7 Å². The second-order valence-corrected chi connectivity index (χ2v) is 5.04. The lowest BCUT2D eigenvalue weighted by Gasteiger charge is -2.24. The summed E-state index contributed by atoms with van der Waals surface area (Å²) in [7, 11) is 1.62. The van der Waals surface area contributed by atoms with Crippen LogP contribution >= 0.6 is 0 Å². The fourth-order valence-electron chi connectivity index (χ4n) is 1.63. The molecule has 0 aliphatic carbocycles. The number of hydrogen-bond donors (Lipinski definition) is 1. The van der Waals surface area contributed by atoms with E-state index in [0.29, 0.717) is 0 Å². The Hall–Kier alpha value is -1.04. The molecule has 1 aromatic heterocycles. The SMILES string of the molecule is CNC(C)c1cnn(C(C)(C)C)c1C(F)(F)F. The smallest absolute Gasteiger partial charge is 0.313 e. The van der Waals surface area contributed by atoms with E-state index in [1.54, 1.807) is 34.7 Å². The van der Waals surface area contributed by atoms with Gasteiger partial charge in [-0.2, -0.15) is 18.3 Å². The molecule has 17 heavy (non-hydrogen) atoms. The van der Waals surface area contributed by atoms with Gasteiger partial charge in [-0.25, -0.2) is 0 Å². The predicted molar refractivity (Wildman–Crippen MR) is 59.7 cm³/mol. The molecular weight excluding hydrogens is 231 g/mol. The van der Waals surface area contributed by atoms with Crippen LogP contribution in [0.2, 0.25) is 0 Å².